The molecule has 0 fully saturated rings. The first-order valence-corrected chi connectivity index (χ1v) is 11.3. The van der Waals surface area contributed by atoms with Gasteiger partial charge in [-0.05, 0) is 61.5 Å². The molecule has 2 aromatic carbocycles. The molecule has 0 aliphatic heterocycles. The Morgan fingerprint density at radius 1 is 1.15 bits per heavy atom. The van der Waals surface area contributed by atoms with E-state index in [1.54, 1.807) is 29.8 Å². The summed E-state index contributed by atoms with van der Waals surface area (Å²) < 4.78 is 44.7. The Kier molecular flexibility index (Phi) is 6.70. The van der Waals surface area contributed by atoms with Crippen molar-refractivity contribution in [2.75, 3.05) is 11.9 Å². The number of carbonyl (C=O) groups excluding carboxylic acids is 2. The minimum atomic E-state index is -2.53. The molecule has 0 aliphatic rings. The van der Waals surface area contributed by atoms with Crippen LogP contribution in [0.2, 0.25) is 0 Å². The Bertz CT molecular complexity index is 1300. The van der Waals surface area contributed by atoms with Crippen molar-refractivity contribution < 1.29 is 27.5 Å². The van der Waals surface area contributed by atoms with E-state index in [0.29, 0.717) is 43.4 Å². The molecule has 1 amide bonds. The van der Waals surface area contributed by atoms with E-state index < -0.39 is 24.2 Å². The predicted octanol–water partition coefficient (Wildman–Crippen LogP) is 5.64. The summed E-state index contributed by atoms with van der Waals surface area (Å²) in [4.78, 5) is 25.9. The Labute approximate surface area is 194 Å². The Hall–Kier alpha value is -3.31. The highest BCUT2D eigenvalue weighted by molar-refractivity contribution is 7.99. The van der Waals surface area contributed by atoms with E-state index in [4.69, 9.17) is 4.74 Å². The minimum Gasteiger partial charge on any atom is -0.451 e. The van der Waals surface area contributed by atoms with Gasteiger partial charge < -0.3 is 10.1 Å². The maximum atomic E-state index is 13.2. The Morgan fingerprint density at radius 2 is 1.85 bits per heavy atom. The van der Waals surface area contributed by atoms with Gasteiger partial charge in [-0.15, -0.1) is 11.3 Å². The SMILES string of the molecule is Cc1nn(-c2ccc(F)cc2)c2sc(C(=O)OCC(=O)Nc3ccc(SC(F)F)cc3)cc12. The van der Waals surface area contributed by atoms with Crippen molar-refractivity contribution in [2.24, 2.45) is 0 Å². The molecule has 6 nitrogen and oxygen atoms in total. The zero-order valence-electron chi connectivity index (χ0n) is 17.1. The average molecular weight is 492 g/mol. The third kappa shape index (κ3) is 5.37. The summed E-state index contributed by atoms with van der Waals surface area (Å²) in [5.74, 6) is -4.12. The normalized spacial score (nSPS) is 11.2. The molecular formula is C22H16F3N3O3S2. The molecule has 2 aromatic heterocycles. The molecule has 0 saturated carbocycles. The Morgan fingerprint density at radius 3 is 2.52 bits per heavy atom. The number of rotatable bonds is 7. The number of hydrogen-bond donors (Lipinski definition) is 1. The number of benzene rings is 2. The minimum absolute atomic E-state index is 0.294. The van der Waals surface area contributed by atoms with Crippen LogP contribution in [0.3, 0.4) is 0 Å². The molecule has 0 bridgehead atoms. The highest BCUT2D eigenvalue weighted by Crippen LogP contribution is 2.31. The number of nitrogens with zero attached hydrogens (tertiary/aromatic N) is 2. The number of fused-ring (bicyclic) bond motifs is 1. The molecule has 2 heterocycles. The monoisotopic (exact) mass is 491 g/mol. The zero-order chi connectivity index (χ0) is 23.5. The molecule has 11 heteroatoms. The third-order valence-corrected chi connectivity index (χ3v) is 6.33. The van der Waals surface area contributed by atoms with Crippen LogP contribution in [-0.4, -0.2) is 34.0 Å². The third-order valence-electron chi connectivity index (χ3n) is 4.51. The highest BCUT2D eigenvalue weighted by Gasteiger charge is 2.19. The van der Waals surface area contributed by atoms with Crippen molar-refractivity contribution in [3.05, 3.63) is 71.0 Å². The molecule has 4 aromatic rings. The smallest absolute Gasteiger partial charge is 0.348 e. The largest absolute Gasteiger partial charge is 0.451 e. The lowest BCUT2D eigenvalue weighted by Gasteiger charge is -2.07. The van der Waals surface area contributed by atoms with Gasteiger partial charge in [0.15, 0.2) is 6.61 Å². The molecule has 0 radical (unpaired) electrons. The fourth-order valence-electron chi connectivity index (χ4n) is 3.02. The van der Waals surface area contributed by atoms with Crippen molar-refractivity contribution in [1.29, 1.82) is 0 Å². The summed E-state index contributed by atoms with van der Waals surface area (Å²) in [6.07, 6.45) is 0. The number of ether oxygens (including phenoxy) is 1. The molecule has 1 N–H and O–H groups in total. The van der Waals surface area contributed by atoms with Crippen molar-refractivity contribution in [3.8, 4) is 5.69 Å². The standard InChI is InChI=1S/C22H16F3N3O3S2/c1-12-17-10-18(33-20(17)28(27-12)15-6-2-13(23)3-7-15)21(30)31-11-19(29)26-14-4-8-16(9-5-14)32-22(24)25/h2-10,22H,11H2,1H3,(H,26,29). The van der Waals surface area contributed by atoms with Gasteiger partial charge in [0, 0.05) is 16.0 Å². The average Bonchev–Trinajstić information content (AvgIpc) is 3.34. The molecule has 4 rings (SSSR count). The summed E-state index contributed by atoms with van der Waals surface area (Å²) >= 11 is 1.55. The topological polar surface area (TPSA) is 73.2 Å². The molecule has 170 valence electrons. The lowest BCUT2D eigenvalue weighted by molar-refractivity contribution is -0.119. The maximum Gasteiger partial charge on any atom is 0.348 e. The molecule has 0 aliphatic carbocycles. The summed E-state index contributed by atoms with van der Waals surface area (Å²) in [7, 11) is 0. The van der Waals surface area contributed by atoms with Gasteiger partial charge in [0.1, 0.15) is 15.5 Å². The van der Waals surface area contributed by atoms with Crippen LogP contribution in [0.5, 0.6) is 0 Å². The van der Waals surface area contributed by atoms with Crippen LogP contribution in [0.4, 0.5) is 18.9 Å². The second kappa shape index (κ2) is 9.67. The van der Waals surface area contributed by atoms with E-state index in [0.717, 1.165) is 16.7 Å². The van der Waals surface area contributed by atoms with E-state index >= 15 is 0 Å². The number of alkyl halides is 2. The molecule has 33 heavy (non-hydrogen) atoms. The van der Waals surface area contributed by atoms with Crippen molar-refractivity contribution in [1.82, 2.24) is 9.78 Å². The van der Waals surface area contributed by atoms with Gasteiger partial charge in [0.25, 0.3) is 11.7 Å². The second-order valence-electron chi connectivity index (χ2n) is 6.83. The Balaban J connectivity index is 1.40. The number of thiophene rings is 1. The lowest BCUT2D eigenvalue weighted by atomic mass is 10.3. The number of esters is 1. The molecule has 0 spiro atoms. The lowest BCUT2D eigenvalue weighted by Crippen LogP contribution is -2.20. The number of aryl methyl sites for hydroxylation is 1. The van der Waals surface area contributed by atoms with E-state index in [2.05, 4.69) is 10.4 Å². The highest BCUT2D eigenvalue weighted by atomic mass is 32.2. The molecular weight excluding hydrogens is 475 g/mol. The molecule has 0 saturated heterocycles. The van der Waals surface area contributed by atoms with Gasteiger partial charge in [-0.3, -0.25) is 4.79 Å². The summed E-state index contributed by atoms with van der Waals surface area (Å²) in [5.41, 5.74) is 1.73. The van der Waals surface area contributed by atoms with Crippen molar-refractivity contribution in [3.63, 3.8) is 0 Å². The van der Waals surface area contributed by atoms with E-state index in [9.17, 15) is 22.8 Å². The second-order valence-corrected chi connectivity index (χ2v) is 8.92. The number of halogens is 3. The van der Waals surface area contributed by atoms with Gasteiger partial charge in [-0.25, -0.2) is 13.9 Å². The number of amides is 1. The predicted molar refractivity (Wildman–Crippen MR) is 121 cm³/mol. The summed E-state index contributed by atoms with van der Waals surface area (Å²) in [5, 5.41) is 7.73. The number of hydrogen-bond acceptors (Lipinski definition) is 6. The van der Waals surface area contributed by atoms with Crippen LogP contribution in [-0.2, 0) is 9.53 Å². The van der Waals surface area contributed by atoms with Gasteiger partial charge in [0.2, 0.25) is 0 Å². The van der Waals surface area contributed by atoms with Gasteiger partial charge in [-0.2, -0.15) is 13.9 Å². The van der Waals surface area contributed by atoms with Crippen LogP contribution in [0.25, 0.3) is 15.9 Å². The van der Waals surface area contributed by atoms with Crippen LogP contribution in [0.1, 0.15) is 15.4 Å². The fourth-order valence-corrected chi connectivity index (χ4v) is 4.60. The van der Waals surface area contributed by atoms with Crippen molar-refractivity contribution >= 4 is 50.9 Å². The molecule has 0 atom stereocenters. The summed E-state index contributed by atoms with van der Waals surface area (Å²) in [6.45, 7) is 1.28. The number of carbonyl (C=O) groups is 2. The number of thioether (sulfide) groups is 1. The van der Waals surface area contributed by atoms with E-state index in [1.807, 2.05) is 0 Å². The van der Waals surface area contributed by atoms with Crippen LogP contribution in [0.15, 0.2) is 59.5 Å². The van der Waals surface area contributed by atoms with Crippen LogP contribution in [0, 0.1) is 12.7 Å². The van der Waals surface area contributed by atoms with E-state index in [-0.39, 0.29) is 5.82 Å². The van der Waals surface area contributed by atoms with E-state index in [1.165, 1.54) is 36.4 Å². The maximum absolute atomic E-state index is 13.2. The fraction of sp³-hybridized carbons (Fsp3) is 0.136. The number of anilines is 1. The quantitative estimate of drug-likeness (QED) is 0.267. The van der Waals surface area contributed by atoms with Gasteiger partial charge in [-0.1, -0.05) is 11.8 Å². The summed E-state index contributed by atoms with van der Waals surface area (Å²) in [6, 6.07) is 13.4. The number of aromatic nitrogens is 2. The first kappa shape index (κ1) is 22.9. The van der Waals surface area contributed by atoms with Gasteiger partial charge in [0.05, 0.1) is 11.4 Å². The first-order chi connectivity index (χ1) is 15.8. The zero-order valence-corrected chi connectivity index (χ0v) is 18.7. The van der Waals surface area contributed by atoms with Gasteiger partial charge >= 0.3 is 5.97 Å². The van der Waals surface area contributed by atoms with Crippen LogP contribution >= 0.6 is 23.1 Å². The van der Waals surface area contributed by atoms with Crippen molar-refractivity contribution in [2.45, 2.75) is 17.6 Å². The first-order valence-electron chi connectivity index (χ1n) is 9.57. The molecule has 0 unspecified atom stereocenters. The number of nitrogens with one attached hydrogen (secondary N) is 1. The van der Waals surface area contributed by atoms with Crippen LogP contribution < -0.4 is 5.32 Å².